The summed E-state index contributed by atoms with van der Waals surface area (Å²) in [5.74, 6) is -0.583. The average Bonchev–Trinajstić information content (AvgIpc) is 2.44. The van der Waals surface area contributed by atoms with Gasteiger partial charge in [-0.25, -0.2) is 14.4 Å². The van der Waals surface area contributed by atoms with Gasteiger partial charge < -0.3 is 5.32 Å². The number of aryl methyl sites for hydroxylation is 1. The Bertz CT molecular complexity index is 634. The van der Waals surface area contributed by atoms with Crippen LogP contribution in [-0.4, -0.2) is 22.1 Å². The van der Waals surface area contributed by atoms with Crippen LogP contribution < -0.4 is 5.32 Å². The van der Waals surface area contributed by atoms with Crippen molar-refractivity contribution < 1.29 is 9.18 Å². The topological polar surface area (TPSA) is 54.9 Å². The third-order valence-electron chi connectivity index (χ3n) is 2.73. The second-order valence-corrected chi connectivity index (χ2v) is 4.94. The molecule has 0 fully saturated rings. The molecule has 6 heteroatoms. The van der Waals surface area contributed by atoms with E-state index in [2.05, 4.69) is 15.3 Å². The molecule has 1 heterocycles. The summed E-state index contributed by atoms with van der Waals surface area (Å²) in [5, 5.41) is 3.36. The zero-order valence-corrected chi connectivity index (χ0v) is 12.0. The lowest BCUT2D eigenvalue weighted by atomic mass is 10.2. The van der Waals surface area contributed by atoms with Crippen LogP contribution in [0.5, 0.6) is 0 Å². The Morgan fingerprint density at radius 1 is 1.45 bits per heavy atom. The summed E-state index contributed by atoms with van der Waals surface area (Å²) in [6.07, 6.45) is 3.38. The lowest BCUT2D eigenvalue weighted by Gasteiger charge is -2.07. The molecule has 0 bridgehead atoms. The van der Waals surface area contributed by atoms with E-state index in [0.29, 0.717) is 22.0 Å². The Balaban J connectivity index is 2.05. The van der Waals surface area contributed by atoms with Gasteiger partial charge in [-0.15, -0.1) is 0 Å². The van der Waals surface area contributed by atoms with E-state index < -0.39 is 0 Å². The van der Waals surface area contributed by atoms with E-state index in [-0.39, 0.29) is 18.3 Å². The minimum Gasteiger partial charge on any atom is -0.348 e. The highest BCUT2D eigenvalue weighted by atomic mass is 32.2. The maximum absolute atomic E-state index is 13.0. The van der Waals surface area contributed by atoms with E-state index in [4.69, 9.17) is 0 Å². The number of halogens is 1. The Hall–Kier alpha value is -1.95. The first-order valence-corrected chi connectivity index (χ1v) is 7.23. The first-order valence-electron chi connectivity index (χ1n) is 6.00. The maximum atomic E-state index is 13.0. The van der Waals surface area contributed by atoms with E-state index in [1.54, 1.807) is 19.1 Å². The Labute approximate surface area is 120 Å². The molecule has 0 atom stereocenters. The van der Waals surface area contributed by atoms with Gasteiger partial charge in [0.15, 0.2) is 5.16 Å². The van der Waals surface area contributed by atoms with Crippen LogP contribution in [0.4, 0.5) is 4.39 Å². The fourth-order valence-electron chi connectivity index (χ4n) is 1.69. The number of carbonyl (C=O) groups excluding carboxylic acids is 1. The molecule has 1 aromatic carbocycles. The zero-order chi connectivity index (χ0) is 14.5. The van der Waals surface area contributed by atoms with Crippen molar-refractivity contribution in [2.75, 3.05) is 6.26 Å². The number of rotatable bonds is 4. The average molecular weight is 291 g/mol. The summed E-state index contributed by atoms with van der Waals surface area (Å²) >= 11 is 1.42. The number of hydrogen-bond donors (Lipinski definition) is 1. The fourth-order valence-corrected chi connectivity index (χ4v) is 2.08. The minimum atomic E-state index is -0.319. The summed E-state index contributed by atoms with van der Waals surface area (Å²) in [5.41, 5.74) is 1.76. The molecule has 0 radical (unpaired) electrons. The lowest BCUT2D eigenvalue weighted by Crippen LogP contribution is -2.24. The summed E-state index contributed by atoms with van der Waals surface area (Å²) in [6.45, 7) is 2.03. The number of nitrogens with one attached hydrogen (secondary N) is 1. The van der Waals surface area contributed by atoms with Crippen LogP contribution in [0.1, 0.15) is 21.6 Å². The number of thioether (sulfide) groups is 1. The minimum absolute atomic E-state index is 0.264. The number of amides is 1. The molecule has 2 aromatic rings. The van der Waals surface area contributed by atoms with Crippen molar-refractivity contribution >= 4 is 17.7 Å². The number of benzene rings is 1. The van der Waals surface area contributed by atoms with Gasteiger partial charge in [0, 0.05) is 12.7 Å². The second-order valence-electron chi connectivity index (χ2n) is 4.17. The van der Waals surface area contributed by atoms with Crippen molar-refractivity contribution in [1.29, 1.82) is 0 Å². The van der Waals surface area contributed by atoms with Crippen LogP contribution in [0.15, 0.2) is 35.6 Å². The van der Waals surface area contributed by atoms with Gasteiger partial charge in [-0.2, -0.15) is 0 Å². The van der Waals surface area contributed by atoms with Gasteiger partial charge in [0.2, 0.25) is 0 Å². The standard InChI is InChI=1S/C14H14FN3OS/c1-9-12(8-17-14(18-9)20-2)13(19)16-7-10-4-3-5-11(15)6-10/h3-6,8H,7H2,1-2H3,(H,16,19). The Morgan fingerprint density at radius 3 is 2.90 bits per heavy atom. The van der Waals surface area contributed by atoms with Gasteiger partial charge in [-0.05, 0) is 30.9 Å². The highest BCUT2D eigenvalue weighted by molar-refractivity contribution is 7.98. The van der Waals surface area contributed by atoms with Gasteiger partial charge in [-0.3, -0.25) is 4.79 Å². The first-order chi connectivity index (χ1) is 9.60. The molecule has 0 aliphatic rings. The van der Waals surface area contributed by atoms with Gasteiger partial charge in [-0.1, -0.05) is 23.9 Å². The summed E-state index contributed by atoms with van der Waals surface area (Å²) in [7, 11) is 0. The SMILES string of the molecule is CSc1ncc(C(=O)NCc2cccc(F)c2)c(C)n1. The molecule has 1 N–H and O–H groups in total. The number of hydrogen-bond acceptors (Lipinski definition) is 4. The molecule has 20 heavy (non-hydrogen) atoms. The van der Waals surface area contributed by atoms with Gasteiger partial charge in [0.05, 0.1) is 11.3 Å². The van der Waals surface area contributed by atoms with Crippen molar-refractivity contribution in [2.24, 2.45) is 0 Å². The van der Waals surface area contributed by atoms with Crippen LogP contribution in [0.25, 0.3) is 0 Å². The van der Waals surface area contributed by atoms with Crippen LogP contribution in [0.2, 0.25) is 0 Å². The van der Waals surface area contributed by atoms with E-state index in [9.17, 15) is 9.18 Å². The molecular weight excluding hydrogens is 277 g/mol. The summed E-state index contributed by atoms with van der Waals surface area (Å²) in [4.78, 5) is 20.3. The molecule has 1 amide bonds. The van der Waals surface area contributed by atoms with E-state index in [1.807, 2.05) is 6.26 Å². The van der Waals surface area contributed by atoms with Crippen LogP contribution in [-0.2, 0) is 6.54 Å². The molecule has 0 saturated carbocycles. The monoisotopic (exact) mass is 291 g/mol. The summed E-state index contributed by atoms with van der Waals surface area (Å²) < 4.78 is 13.0. The van der Waals surface area contributed by atoms with Crippen molar-refractivity contribution in [1.82, 2.24) is 15.3 Å². The zero-order valence-electron chi connectivity index (χ0n) is 11.2. The molecule has 4 nitrogen and oxygen atoms in total. The quantitative estimate of drug-likeness (QED) is 0.695. The van der Waals surface area contributed by atoms with Crippen LogP contribution >= 0.6 is 11.8 Å². The smallest absolute Gasteiger partial charge is 0.254 e. The number of carbonyl (C=O) groups is 1. The third-order valence-corrected chi connectivity index (χ3v) is 3.29. The van der Waals surface area contributed by atoms with Crippen molar-refractivity contribution in [3.05, 3.63) is 53.1 Å². The third kappa shape index (κ3) is 3.54. The van der Waals surface area contributed by atoms with Crippen LogP contribution in [0, 0.1) is 12.7 Å². The largest absolute Gasteiger partial charge is 0.348 e. The Kier molecular flexibility index (Phi) is 4.68. The first kappa shape index (κ1) is 14.5. The second kappa shape index (κ2) is 6.47. The molecule has 1 aromatic heterocycles. The molecule has 0 aliphatic carbocycles. The molecule has 2 rings (SSSR count). The van der Waals surface area contributed by atoms with Crippen molar-refractivity contribution in [3.8, 4) is 0 Å². The van der Waals surface area contributed by atoms with Crippen LogP contribution in [0.3, 0.4) is 0 Å². The molecular formula is C14H14FN3OS. The molecule has 0 aliphatic heterocycles. The number of nitrogens with zero attached hydrogens (tertiary/aromatic N) is 2. The Morgan fingerprint density at radius 2 is 2.25 bits per heavy atom. The molecule has 0 spiro atoms. The predicted molar refractivity (Wildman–Crippen MR) is 76.1 cm³/mol. The van der Waals surface area contributed by atoms with Gasteiger partial charge in [0.25, 0.3) is 5.91 Å². The lowest BCUT2D eigenvalue weighted by molar-refractivity contribution is 0.0949. The number of aromatic nitrogens is 2. The summed E-state index contributed by atoms with van der Waals surface area (Å²) in [6, 6.07) is 6.12. The molecule has 104 valence electrons. The normalized spacial score (nSPS) is 10.3. The van der Waals surface area contributed by atoms with Crippen molar-refractivity contribution in [3.63, 3.8) is 0 Å². The predicted octanol–water partition coefficient (Wildman–Crippen LogP) is 2.58. The van der Waals surface area contributed by atoms with E-state index in [1.165, 1.54) is 30.1 Å². The van der Waals surface area contributed by atoms with Crippen molar-refractivity contribution in [2.45, 2.75) is 18.6 Å². The fraction of sp³-hybridized carbons (Fsp3) is 0.214. The molecule has 0 unspecified atom stereocenters. The highest BCUT2D eigenvalue weighted by Gasteiger charge is 2.11. The molecule has 0 saturated heterocycles. The maximum Gasteiger partial charge on any atom is 0.254 e. The van der Waals surface area contributed by atoms with Gasteiger partial charge >= 0.3 is 0 Å². The van der Waals surface area contributed by atoms with Gasteiger partial charge in [0.1, 0.15) is 5.82 Å². The highest BCUT2D eigenvalue weighted by Crippen LogP contribution is 2.11. The van der Waals surface area contributed by atoms with E-state index >= 15 is 0 Å². The van der Waals surface area contributed by atoms with E-state index in [0.717, 1.165) is 0 Å².